The zero-order chi connectivity index (χ0) is 17.5. The van der Waals surface area contributed by atoms with E-state index in [4.69, 9.17) is 4.74 Å². The minimum atomic E-state index is -0.281. The Balaban J connectivity index is 1.45. The van der Waals surface area contributed by atoms with Crippen molar-refractivity contribution in [2.45, 2.75) is 19.4 Å². The molecule has 25 heavy (non-hydrogen) atoms. The molecule has 0 aliphatic carbocycles. The summed E-state index contributed by atoms with van der Waals surface area (Å²) in [6.07, 6.45) is 5.22. The van der Waals surface area contributed by atoms with Crippen molar-refractivity contribution in [2.75, 3.05) is 19.7 Å². The number of urea groups is 1. The smallest absolute Gasteiger partial charge is 0.317 e. The molecule has 1 aromatic carbocycles. The van der Waals surface area contributed by atoms with Gasteiger partial charge in [0.05, 0.1) is 6.61 Å². The molecule has 0 radical (unpaired) electrons. The van der Waals surface area contributed by atoms with Crippen LogP contribution in [0.4, 0.5) is 9.18 Å². The maximum atomic E-state index is 12.9. The van der Waals surface area contributed by atoms with Gasteiger partial charge in [0.1, 0.15) is 5.82 Å². The van der Waals surface area contributed by atoms with E-state index in [1.54, 1.807) is 35.5 Å². The number of halogens is 1. The maximum Gasteiger partial charge on any atom is 0.317 e. The summed E-state index contributed by atoms with van der Waals surface area (Å²) in [6, 6.07) is 8.11. The average Bonchev–Trinajstić information content (AvgIpc) is 2.67. The van der Waals surface area contributed by atoms with Gasteiger partial charge in [0.25, 0.3) is 0 Å². The van der Waals surface area contributed by atoms with Gasteiger partial charge >= 0.3 is 12.0 Å². The van der Waals surface area contributed by atoms with Gasteiger partial charge in [0.15, 0.2) is 0 Å². The fourth-order valence-corrected chi connectivity index (χ4v) is 2.83. The number of piperidine rings is 1. The number of hydrogen-bond acceptors (Lipinski definition) is 4. The zero-order valence-corrected chi connectivity index (χ0v) is 13.9. The van der Waals surface area contributed by atoms with Crippen LogP contribution in [0.1, 0.15) is 18.4 Å². The molecule has 1 saturated heterocycles. The Morgan fingerprint density at radius 1 is 1.28 bits per heavy atom. The molecule has 1 unspecified atom stereocenters. The van der Waals surface area contributed by atoms with Crippen LogP contribution < -0.4 is 10.1 Å². The number of likely N-dealkylation sites (tertiary alicyclic amines) is 1. The molecule has 1 aromatic heterocycles. The molecular formula is C18H21FN4O2. The van der Waals surface area contributed by atoms with Crippen LogP contribution in [0.25, 0.3) is 0 Å². The average molecular weight is 344 g/mol. The Bertz CT molecular complexity index is 681. The van der Waals surface area contributed by atoms with Crippen molar-refractivity contribution in [1.29, 1.82) is 0 Å². The van der Waals surface area contributed by atoms with Gasteiger partial charge in [-0.15, -0.1) is 0 Å². The summed E-state index contributed by atoms with van der Waals surface area (Å²) in [7, 11) is 0. The van der Waals surface area contributed by atoms with Gasteiger partial charge in [-0.2, -0.15) is 0 Å². The number of amides is 2. The summed E-state index contributed by atoms with van der Waals surface area (Å²) in [6.45, 7) is 2.25. The summed E-state index contributed by atoms with van der Waals surface area (Å²) >= 11 is 0. The van der Waals surface area contributed by atoms with Gasteiger partial charge in [0.2, 0.25) is 0 Å². The van der Waals surface area contributed by atoms with E-state index in [9.17, 15) is 9.18 Å². The molecule has 1 atom stereocenters. The van der Waals surface area contributed by atoms with Gasteiger partial charge in [-0.25, -0.2) is 19.2 Å². The van der Waals surface area contributed by atoms with Crippen molar-refractivity contribution in [3.8, 4) is 6.01 Å². The third kappa shape index (κ3) is 5.14. The highest BCUT2D eigenvalue weighted by Gasteiger charge is 2.24. The second kappa shape index (κ2) is 8.41. The lowest BCUT2D eigenvalue weighted by Crippen LogP contribution is -2.46. The van der Waals surface area contributed by atoms with E-state index < -0.39 is 0 Å². The molecule has 0 saturated carbocycles. The first-order valence-electron chi connectivity index (χ1n) is 8.38. The monoisotopic (exact) mass is 344 g/mol. The Morgan fingerprint density at radius 3 is 2.80 bits per heavy atom. The lowest BCUT2D eigenvalue weighted by Gasteiger charge is -2.32. The zero-order valence-electron chi connectivity index (χ0n) is 13.9. The van der Waals surface area contributed by atoms with Crippen molar-refractivity contribution < 1.29 is 13.9 Å². The first-order chi connectivity index (χ1) is 12.2. The molecule has 0 bridgehead atoms. The molecular weight excluding hydrogens is 323 g/mol. The second-order valence-corrected chi connectivity index (χ2v) is 6.08. The lowest BCUT2D eigenvalue weighted by molar-refractivity contribution is 0.133. The van der Waals surface area contributed by atoms with E-state index in [0.717, 1.165) is 24.9 Å². The van der Waals surface area contributed by atoms with Crippen LogP contribution in [-0.4, -0.2) is 40.6 Å². The fraction of sp³-hybridized carbons (Fsp3) is 0.389. The van der Waals surface area contributed by atoms with Gasteiger partial charge < -0.3 is 15.0 Å². The summed E-state index contributed by atoms with van der Waals surface area (Å²) in [4.78, 5) is 22.2. The van der Waals surface area contributed by atoms with Gasteiger partial charge in [-0.3, -0.25) is 0 Å². The quantitative estimate of drug-likeness (QED) is 0.905. The number of benzene rings is 1. The van der Waals surface area contributed by atoms with Crippen molar-refractivity contribution >= 4 is 6.03 Å². The summed E-state index contributed by atoms with van der Waals surface area (Å²) < 4.78 is 18.5. The molecule has 2 amide bonds. The van der Waals surface area contributed by atoms with E-state index in [1.807, 2.05) is 0 Å². The topological polar surface area (TPSA) is 67.4 Å². The van der Waals surface area contributed by atoms with Crippen LogP contribution in [0.5, 0.6) is 6.01 Å². The summed E-state index contributed by atoms with van der Waals surface area (Å²) in [5, 5.41) is 2.88. The third-order valence-corrected chi connectivity index (χ3v) is 4.15. The highest BCUT2D eigenvalue weighted by Crippen LogP contribution is 2.17. The molecule has 0 spiro atoms. The van der Waals surface area contributed by atoms with E-state index in [1.165, 1.54) is 12.1 Å². The first-order valence-corrected chi connectivity index (χ1v) is 8.38. The Morgan fingerprint density at radius 2 is 2.04 bits per heavy atom. The lowest BCUT2D eigenvalue weighted by atomic mass is 9.99. The van der Waals surface area contributed by atoms with Crippen LogP contribution >= 0.6 is 0 Å². The number of nitrogens with zero attached hydrogens (tertiary/aromatic N) is 3. The number of hydrogen-bond donors (Lipinski definition) is 1. The maximum absolute atomic E-state index is 12.9. The van der Waals surface area contributed by atoms with E-state index >= 15 is 0 Å². The Labute approximate surface area is 146 Å². The summed E-state index contributed by atoms with van der Waals surface area (Å²) in [5.74, 6) is -0.0227. The van der Waals surface area contributed by atoms with E-state index in [-0.39, 0.29) is 17.8 Å². The molecule has 2 heterocycles. The van der Waals surface area contributed by atoms with Gasteiger partial charge in [-0.1, -0.05) is 12.1 Å². The number of carbonyl (C=O) groups is 1. The highest BCUT2D eigenvalue weighted by atomic mass is 19.1. The molecule has 1 N–H and O–H groups in total. The van der Waals surface area contributed by atoms with E-state index in [0.29, 0.717) is 25.7 Å². The van der Waals surface area contributed by atoms with Crippen LogP contribution in [0.2, 0.25) is 0 Å². The molecule has 3 rings (SSSR count). The third-order valence-electron chi connectivity index (χ3n) is 4.15. The van der Waals surface area contributed by atoms with Crippen LogP contribution in [-0.2, 0) is 6.54 Å². The molecule has 2 aromatic rings. The Hall–Kier alpha value is -2.70. The van der Waals surface area contributed by atoms with E-state index in [2.05, 4.69) is 15.3 Å². The number of nitrogens with one attached hydrogen (secondary N) is 1. The predicted molar refractivity (Wildman–Crippen MR) is 90.5 cm³/mol. The van der Waals surface area contributed by atoms with Crippen LogP contribution in [0, 0.1) is 11.7 Å². The number of ether oxygens (including phenoxy) is 1. The van der Waals surface area contributed by atoms with Gasteiger partial charge in [0, 0.05) is 37.9 Å². The Kier molecular flexibility index (Phi) is 5.77. The minimum absolute atomic E-state index is 0.106. The van der Waals surface area contributed by atoms with Crippen molar-refractivity contribution in [3.63, 3.8) is 0 Å². The molecule has 1 fully saturated rings. The van der Waals surface area contributed by atoms with Crippen LogP contribution in [0.15, 0.2) is 42.7 Å². The highest BCUT2D eigenvalue weighted by molar-refractivity contribution is 5.74. The largest absolute Gasteiger partial charge is 0.463 e. The molecule has 1 aliphatic rings. The van der Waals surface area contributed by atoms with Crippen LogP contribution in [0.3, 0.4) is 0 Å². The second-order valence-electron chi connectivity index (χ2n) is 6.08. The normalized spacial score (nSPS) is 17.2. The molecule has 7 heteroatoms. The number of aromatic nitrogens is 2. The van der Waals surface area contributed by atoms with Gasteiger partial charge in [-0.05, 0) is 36.6 Å². The SMILES string of the molecule is O=C(NCc1ccc(F)cc1)N1CCCC(COc2ncccn2)C1. The van der Waals surface area contributed by atoms with Crippen molar-refractivity contribution in [1.82, 2.24) is 20.2 Å². The predicted octanol–water partition coefficient (Wildman–Crippen LogP) is 2.62. The standard InChI is InChI=1S/C18H21FN4O2/c19-16-6-4-14(5-7-16)11-22-18(24)23-10-1-3-15(12-23)13-25-17-20-8-2-9-21-17/h2,4-9,15H,1,3,10-13H2,(H,22,24). The number of rotatable bonds is 5. The number of carbonyl (C=O) groups excluding carboxylic acids is 1. The van der Waals surface area contributed by atoms with Crippen molar-refractivity contribution in [3.05, 3.63) is 54.1 Å². The fourth-order valence-electron chi connectivity index (χ4n) is 2.83. The molecule has 6 nitrogen and oxygen atoms in total. The minimum Gasteiger partial charge on any atom is -0.463 e. The van der Waals surface area contributed by atoms with Crippen molar-refractivity contribution in [2.24, 2.45) is 5.92 Å². The molecule has 1 aliphatic heterocycles. The molecule has 132 valence electrons. The summed E-state index contributed by atoms with van der Waals surface area (Å²) in [5.41, 5.74) is 0.868. The first kappa shape index (κ1) is 17.1.